The molecule has 0 N–H and O–H groups in total. The van der Waals surface area contributed by atoms with Crippen LogP contribution in [0.25, 0.3) is 99.1 Å². The highest BCUT2D eigenvalue weighted by atomic mass is 14.4. The van der Waals surface area contributed by atoms with Crippen molar-refractivity contribution >= 4 is 32.3 Å². The first kappa shape index (κ1) is 28.6. The van der Waals surface area contributed by atoms with Crippen molar-refractivity contribution in [3.63, 3.8) is 0 Å². The highest BCUT2D eigenvalue weighted by molar-refractivity contribution is 6.26. The molecule has 0 heteroatoms. The third-order valence-corrected chi connectivity index (χ3v) is 11.8. The highest BCUT2D eigenvalue weighted by Gasteiger charge is 2.35. The van der Waals surface area contributed by atoms with Crippen molar-refractivity contribution in [3.8, 4) is 66.8 Å². The second kappa shape index (κ2) is 10.4. The van der Waals surface area contributed by atoms with E-state index in [1.54, 1.807) is 0 Å². The summed E-state index contributed by atoms with van der Waals surface area (Å²) < 4.78 is 0. The zero-order valence-electron chi connectivity index (χ0n) is 28.7. The van der Waals surface area contributed by atoms with E-state index < -0.39 is 0 Å². The van der Waals surface area contributed by atoms with Crippen LogP contribution in [-0.4, -0.2) is 0 Å². The molecule has 11 rings (SSSR count). The van der Waals surface area contributed by atoms with Gasteiger partial charge in [0.25, 0.3) is 0 Å². The fourth-order valence-corrected chi connectivity index (χ4v) is 9.58. The minimum atomic E-state index is -0.0208. The van der Waals surface area contributed by atoms with Crippen LogP contribution in [-0.2, 0) is 5.41 Å². The Morgan fingerprint density at radius 3 is 1.35 bits per heavy atom. The largest absolute Gasteiger partial charge is 0.0619 e. The first-order valence-electron chi connectivity index (χ1n) is 18.0. The van der Waals surface area contributed by atoms with Crippen molar-refractivity contribution in [1.29, 1.82) is 0 Å². The Morgan fingerprint density at radius 2 is 0.725 bits per heavy atom. The molecule has 0 amide bonds. The molecule has 0 unspecified atom stereocenters. The Balaban J connectivity index is 1.23. The van der Waals surface area contributed by atoms with Crippen LogP contribution in [0.5, 0.6) is 0 Å². The van der Waals surface area contributed by atoms with Gasteiger partial charge in [-0.05, 0) is 116 Å². The van der Waals surface area contributed by atoms with Crippen LogP contribution in [0.4, 0.5) is 0 Å². The molecule has 2 aliphatic rings. The molecule has 0 nitrogen and oxygen atoms in total. The molecule has 51 heavy (non-hydrogen) atoms. The normalized spacial score (nSPS) is 13.5. The Hall–Kier alpha value is -6.24. The van der Waals surface area contributed by atoms with E-state index in [4.69, 9.17) is 0 Å². The van der Waals surface area contributed by atoms with E-state index in [0.29, 0.717) is 0 Å². The van der Waals surface area contributed by atoms with Gasteiger partial charge in [-0.25, -0.2) is 0 Å². The van der Waals surface area contributed by atoms with E-state index in [2.05, 4.69) is 184 Å². The molecule has 0 fully saturated rings. The van der Waals surface area contributed by atoms with Gasteiger partial charge in [-0.1, -0.05) is 178 Å². The summed E-state index contributed by atoms with van der Waals surface area (Å²) >= 11 is 0. The molecule has 9 aromatic carbocycles. The molecule has 0 heterocycles. The van der Waals surface area contributed by atoms with Gasteiger partial charge in [0.15, 0.2) is 0 Å². The first-order chi connectivity index (χ1) is 25.1. The minimum absolute atomic E-state index is 0.0208. The predicted octanol–water partition coefficient (Wildman–Crippen LogP) is 14.1. The average Bonchev–Trinajstić information content (AvgIpc) is 3.33. The van der Waals surface area contributed by atoms with Crippen molar-refractivity contribution in [2.75, 3.05) is 0 Å². The second-order valence-electron chi connectivity index (χ2n) is 14.8. The predicted molar refractivity (Wildman–Crippen MR) is 217 cm³/mol. The van der Waals surface area contributed by atoms with Crippen molar-refractivity contribution in [2.24, 2.45) is 0 Å². The lowest BCUT2D eigenvalue weighted by Gasteiger charge is -2.22. The molecular weight excluding hydrogens is 613 g/mol. The zero-order valence-corrected chi connectivity index (χ0v) is 28.7. The Bertz CT molecular complexity index is 2830. The van der Waals surface area contributed by atoms with Crippen LogP contribution < -0.4 is 0 Å². The summed E-state index contributed by atoms with van der Waals surface area (Å²) in [5, 5.41) is 7.74. The second-order valence-corrected chi connectivity index (χ2v) is 14.8. The maximum Gasteiger partial charge on any atom is 0.0158 e. The molecule has 0 aromatic heterocycles. The molecule has 0 atom stereocenters. The van der Waals surface area contributed by atoms with Crippen LogP contribution in [0.15, 0.2) is 170 Å². The lowest BCUT2D eigenvalue weighted by Crippen LogP contribution is -2.14. The third-order valence-electron chi connectivity index (χ3n) is 11.8. The molecule has 0 bridgehead atoms. The standard InChI is InChI=1S/C51H34/c1-51(2)46-25-12-11-18-36(46)45-30-31(26-29-47(45)51)48-38-19-7-9-21-40(38)50(41-22-10-8-20-39(41)48)44-28-27-43-35-17-6-4-15-33(35)32-14-3-5-16-34(32)37-23-13-24-42(44)49(37)43/h3-30H,1-2H3. The summed E-state index contributed by atoms with van der Waals surface area (Å²) in [5.74, 6) is 0. The number of fused-ring (bicyclic) bond motifs is 10. The number of hydrogen-bond acceptors (Lipinski definition) is 0. The van der Waals surface area contributed by atoms with Crippen molar-refractivity contribution in [3.05, 3.63) is 181 Å². The van der Waals surface area contributed by atoms with Gasteiger partial charge in [-0.15, -0.1) is 0 Å². The van der Waals surface area contributed by atoms with Gasteiger partial charge in [0.2, 0.25) is 0 Å². The van der Waals surface area contributed by atoms with Gasteiger partial charge in [0, 0.05) is 5.41 Å². The van der Waals surface area contributed by atoms with E-state index in [0.717, 1.165) is 0 Å². The average molecular weight is 647 g/mol. The summed E-state index contributed by atoms with van der Waals surface area (Å²) in [6, 6.07) is 63.7. The summed E-state index contributed by atoms with van der Waals surface area (Å²) in [4.78, 5) is 0. The minimum Gasteiger partial charge on any atom is -0.0619 e. The quantitative estimate of drug-likeness (QED) is 0.164. The Labute approximate surface area is 298 Å². The summed E-state index contributed by atoms with van der Waals surface area (Å²) in [6.07, 6.45) is 0. The van der Waals surface area contributed by atoms with Crippen molar-refractivity contribution in [2.45, 2.75) is 19.3 Å². The Morgan fingerprint density at radius 1 is 0.294 bits per heavy atom. The zero-order chi connectivity index (χ0) is 33.8. The monoisotopic (exact) mass is 646 g/mol. The highest BCUT2D eigenvalue weighted by Crippen LogP contribution is 2.53. The maximum atomic E-state index is 2.46. The van der Waals surface area contributed by atoms with Gasteiger partial charge in [-0.2, -0.15) is 0 Å². The maximum absolute atomic E-state index is 2.46. The molecule has 0 radical (unpaired) electrons. The third kappa shape index (κ3) is 3.85. The molecule has 9 aromatic rings. The number of hydrogen-bond donors (Lipinski definition) is 0. The van der Waals surface area contributed by atoms with Crippen LogP contribution >= 0.6 is 0 Å². The van der Waals surface area contributed by atoms with E-state index in [-0.39, 0.29) is 5.41 Å². The summed E-state index contributed by atoms with van der Waals surface area (Å²) in [7, 11) is 0. The number of benzene rings is 9. The van der Waals surface area contributed by atoms with Crippen molar-refractivity contribution < 1.29 is 0 Å². The van der Waals surface area contributed by atoms with Gasteiger partial charge in [0.1, 0.15) is 0 Å². The van der Waals surface area contributed by atoms with Crippen LogP contribution in [0, 0.1) is 0 Å². The van der Waals surface area contributed by atoms with Crippen LogP contribution in [0.2, 0.25) is 0 Å². The van der Waals surface area contributed by atoms with E-state index in [9.17, 15) is 0 Å². The molecule has 0 aliphatic heterocycles. The van der Waals surface area contributed by atoms with E-state index in [1.807, 2.05) is 0 Å². The van der Waals surface area contributed by atoms with Crippen LogP contribution in [0.1, 0.15) is 25.0 Å². The fraction of sp³-hybridized carbons (Fsp3) is 0.0588. The molecule has 0 saturated heterocycles. The number of rotatable bonds is 2. The van der Waals surface area contributed by atoms with Gasteiger partial charge >= 0.3 is 0 Å². The van der Waals surface area contributed by atoms with Crippen molar-refractivity contribution in [1.82, 2.24) is 0 Å². The summed E-state index contributed by atoms with van der Waals surface area (Å²) in [5.41, 5.74) is 18.4. The molecular formula is C51H34. The van der Waals surface area contributed by atoms with Gasteiger partial charge in [-0.3, -0.25) is 0 Å². The first-order valence-corrected chi connectivity index (χ1v) is 18.0. The Kier molecular flexibility index (Phi) is 5.82. The van der Waals surface area contributed by atoms with Crippen LogP contribution in [0.3, 0.4) is 0 Å². The van der Waals surface area contributed by atoms with E-state index in [1.165, 1.54) is 110 Å². The topological polar surface area (TPSA) is 0 Å². The molecule has 2 aliphatic carbocycles. The SMILES string of the molecule is CC1(C)c2ccccc2-c2cc(-c3c4ccccc4c(-c4ccc5c6c(cccc46)-c4ccccc4-c4ccccc4-5)c4ccccc34)ccc21. The van der Waals surface area contributed by atoms with Gasteiger partial charge < -0.3 is 0 Å². The molecule has 238 valence electrons. The fourth-order valence-electron chi connectivity index (χ4n) is 9.58. The molecule has 0 spiro atoms. The lowest BCUT2D eigenvalue weighted by molar-refractivity contribution is 0.660. The smallest absolute Gasteiger partial charge is 0.0158 e. The molecule has 0 saturated carbocycles. The lowest BCUT2D eigenvalue weighted by atomic mass is 9.81. The van der Waals surface area contributed by atoms with Gasteiger partial charge in [0.05, 0.1) is 0 Å². The van der Waals surface area contributed by atoms with E-state index >= 15 is 0 Å². The summed E-state index contributed by atoms with van der Waals surface area (Å²) in [6.45, 7) is 4.71.